The first-order valence-electron chi connectivity index (χ1n) is 6.52. The van der Waals surface area contributed by atoms with Crippen LogP contribution in [0.3, 0.4) is 0 Å². The van der Waals surface area contributed by atoms with Crippen LogP contribution in [-0.2, 0) is 0 Å². The second-order valence-corrected chi connectivity index (χ2v) is 5.83. The van der Waals surface area contributed by atoms with Crippen molar-refractivity contribution in [2.45, 2.75) is 0 Å². The van der Waals surface area contributed by atoms with Crippen LogP contribution in [0.15, 0.2) is 48.7 Å². The molecule has 0 spiro atoms. The highest BCUT2D eigenvalue weighted by atomic mass is 35.5. The number of halogens is 3. The minimum Gasteiger partial charge on any atom is -0.408 e. The number of nitrogens with zero attached hydrogens (tertiary/aromatic N) is 1. The molecule has 1 aromatic heterocycles. The van der Waals surface area contributed by atoms with Crippen LogP contribution in [0.2, 0.25) is 15.1 Å². The van der Waals surface area contributed by atoms with Gasteiger partial charge in [0.25, 0.3) is 0 Å². The van der Waals surface area contributed by atoms with Crippen molar-refractivity contribution in [2.75, 3.05) is 5.32 Å². The zero-order valence-electron chi connectivity index (χ0n) is 11.5. The number of fused-ring (bicyclic) bond motifs is 1. The molecule has 0 aliphatic carbocycles. The van der Waals surface area contributed by atoms with Gasteiger partial charge >= 0.3 is 6.09 Å². The van der Waals surface area contributed by atoms with Crippen LogP contribution in [0.5, 0.6) is 5.75 Å². The van der Waals surface area contributed by atoms with E-state index in [4.69, 9.17) is 39.5 Å². The van der Waals surface area contributed by atoms with Crippen LogP contribution in [0.1, 0.15) is 0 Å². The Labute approximate surface area is 146 Å². The third-order valence-corrected chi connectivity index (χ3v) is 3.94. The highest BCUT2D eigenvalue weighted by molar-refractivity contribution is 6.36. The van der Waals surface area contributed by atoms with Crippen LogP contribution in [0.25, 0.3) is 10.9 Å². The Kier molecular flexibility index (Phi) is 4.57. The number of anilines is 1. The molecule has 0 radical (unpaired) electrons. The first kappa shape index (κ1) is 15.9. The second kappa shape index (κ2) is 6.62. The highest BCUT2D eigenvalue weighted by Crippen LogP contribution is 2.30. The summed E-state index contributed by atoms with van der Waals surface area (Å²) in [7, 11) is 0. The number of pyridine rings is 1. The van der Waals surface area contributed by atoms with Crippen molar-refractivity contribution in [3.63, 3.8) is 0 Å². The van der Waals surface area contributed by atoms with Crippen LogP contribution >= 0.6 is 34.8 Å². The molecule has 1 heterocycles. The number of ether oxygens (including phenoxy) is 1. The lowest BCUT2D eigenvalue weighted by Gasteiger charge is -2.10. The molecule has 0 bridgehead atoms. The van der Waals surface area contributed by atoms with Gasteiger partial charge in [-0.1, -0.05) is 34.8 Å². The average Bonchev–Trinajstić information content (AvgIpc) is 2.54. The molecule has 1 amide bonds. The minimum absolute atomic E-state index is 0.292. The molecule has 0 fully saturated rings. The predicted molar refractivity (Wildman–Crippen MR) is 92.9 cm³/mol. The quantitative estimate of drug-likeness (QED) is 0.622. The van der Waals surface area contributed by atoms with E-state index in [1.165, 1.54) is 6.07 Å². The number of nitrogens with one attached hydrogen (secondary N) is 1. The van der Waals surface area contributed by atoms with Crippen LogP contribution in [0, 0.1) is 0 Å². The molecule has 0 aliphatic heterocycles. The molecule has 116 valence electrons. The van der Waals surface area contributed by atoms with E-state index in [1.807, 2.05) is 0 Å². The fourth-order valence-electron chi connectivity index (χ4n) is 2.02. The van der Waals surface area contributed by atoms with E-state index < -0.39 is 6.09 Å². The summed E-state index contributed by atoms with van der Waals surface area (Å²) in [4.78, 5) is 16.3. The summed E-state index contributed by atoms with van der Waals surface area (Å²) in [6.07, 6.45) is 0.889. The molecule has 3 aromatic rings. The summed E-state index contributed by atoms with van der Waals surface area (Å²) in [6, 6.07) is 11.5. The van der Waals surface area contributed by atoms with E-state index in [-0.39, 0.29) is 0 Å². The lowest BCUT2D eigenvalue weighted by molar-refractivity contribution is 0.215. The first-order valence-corrected chi connectivity index (χ1v) is 7.65. The van der Waals surface area contributed by atoms with Gasteiger partial charge in [-0.05, 0) is 42.5 Å². The Morgan fingerprint density at radius 2 is 1.83 bits per heavy atom. The van der Waals surface area contributed by atoms with Gasteiger partial charge in [0.1, 0.15) is 5.52 Å². The normalized spacial score (nSPS) is 10.6. The first-order chi connectivity index (χ1) is 11.0. The molecule has 0 saturated carbocycles. The van der Waals surface area contributed by atoms with Crippen molar-refractivity contribution in [3.05, 3.63) is 63.7 Å². The molecule has 4 nitrogen and oxygen atoms in total. The zero-order chi connectivity index (χ0) is 16.4. The molecule has 1 N–H and O–H groups in total. The summed E-state index contributed by atoms with van der Waals surface area (Å²) in [6.45, 7) is 0. The second-order valence-electron chi connectivity index (χ2n) is 4.58. The van der Waals surface area contributed by atoms with Gasteiger partial charge in [0.05, 0.1) is 15.7 Å². The maximum Gasteiger partial charge on any atom is 0.417 e. The third-order valence-electron chi connectivity index (χ3n) is 3.05. The Balaban J connectivity index is 1.86. The van der Waals surface area contributed by atoms with Crippen molar-refractivity contribution in [1.29, 1.82) is 0 Å². The van der Waals surface area contributed by atoms with Crippen LogP contribution in [0.4, 0.5) is 10.5 Å². The minimum atomic E-state index is -0.705. The summed E-state index contributed by atoms with van der Waals surface area (Å²) >= 11 is 18.0. The Bertz CT molecular complexity index is 900. The highest BCUT2D eigenvalue weighted by Gasteiger charge is 2.12. The van der Waals surface area contributed by atoms with Gasteiger partial charge in [-0.25, -0.2) is 4.79 Å². The number of hydrogen-bond donors (Lipinski definition) is 1. The average molecular weight is 368 g/mol. The van der Waals surface area contributed by atoms with E-state index in [9.17, 15) is 4.79 Å². The van der Waals surface area contributed by atoms with Gasteiger partial charge in [0.2, 0.25) is 0 Å². The maximum atomic E-state index is 12.1. The molecular weight excluding hydrogens is 359 g/mol. The van der Waals surface area contributed by atoms with E-state index >= 15 is 0 Å². The third kappa shape index (κ3) is 3.50. The SMILES string of the molecule is O=C(Nc1cc(Cl)ccc1Cl)Oc1ccc(Cl)c2cccnc12. The number of benzene rings is 2. The largest absolute Gasteiger partial charge is 0.417 e. The number of carbonyl (C=O) groups is 1. The predicted octanol–water partition coefficient (Wildman–Crippen LogP) is 5.81. The number of aromatic nitrogens is 1. The van der Waals surface area contributed by atoms with Crippen LogP contribution < -0.4 is 10.1 Å². The van der Waals surface area contributed by atoms with Crippen LogP contribution in [-0.4, -0.2) is 11.1 Å². The molecule has 0 atom stereocenters. The maximum absolute atomic E-state index is 12.1. The van der Waals surface area contributed by atoms with Gasteiger partial charge in [0.15, 0.2) is 5.75 Å². The van der Waals surface area contributed by atoms with E-state index in [2.05, 4.69) is 10.3 Å². The number of amides is 1. The standard InChI is InChI=1S/C16H9Cl3N2O2/c17-9-3-4-12(19)13(8-9)21-16(22)23-14-6-5-11(18)10-2-1-7-20-15(10)14/h1-8H,(H,21,22). The number of rotatable bonds is 2. The molecule has 0 saturated heterocycles. The van der Waals surface area contributed by atoms with E-state index in [1.54, 1.807) is 42.6 Å². The molecular formula is C16H9Cl3N2O2. The molecule has 23 heavy (non-hydrogen) atoms. The summed E-state index contributed by atoms with van der Waals surface area (Å²) < 4.78 is 5.31. The molecule has 0 unspecified atom stereocenters. The van der Waals surface area contributed by atoms with E-state index in [0.717, 1.165) is 0 Å². The lowest BCUT2D eigenvalue weighted by Crippen LogP contribution is -2.17. The van der Waals surface area contributed by atoms with Gasteiger partial charge in [-0.2, -0.15) is 0 Å². The molecule has 7 heteroatoms. The fourth-order valence-corrected chi connectivity index (χ4v) is 2.58. The fraction of sp³-hybridized carbons (Fsp3) is 0. The van der Waals surface area contributed by atoms with Crippen molar-refractivity contribution < 1.29 is 9.53 Å². The smallest absolute Gasteiger partial charge is 0.408 e. The van der Waals surface area contributed by atoms with Gasteiger partial charge in [0, 0.05) is 16.6 Å². The molecule has 2 aromatic carbocycles. The topological polar surface area (TPSA) is 51.2 Å². The summed E-state index contributed by atoms with van der Waals surface area (Å²) in [5.74, 6) is 0.292. The molecule has 0 aliphatic rings. The molecule has 3 rings (SSSR count). The van der Waals surface area contributed by atoms with E-state index in [0.29, 0.717) is 37.4 Å². The Morgan fingerprint density at radius 3 is 2.65 bits per heavy atom. The van der Waals surface area contributed by atoms with Crippen molar-refractivity contribution in [1.82, 2.24) is 4.98 Å². The number of carbonyl (C=O) groups excluding carboxylic acids is 1. The number of hydrogen-bond acceptors (Lipinski definition) is 3. The summed E-state index contributed by atoms with van der Waals surface area (Å²) in [5.41, 5.74) is 0.850. The van der Waals surface area contributed by atoms with Gasteiger partial charge in [-0.3, -0.25) is 10.3 Å². The van der Waals surface area contributed by atoms with Crippen molar-refractivity contribution in [2.24, 2.45) is 0 Å². The van der Waals surface area contributed by atoms with Gasteiger partial charge in [-0.15, -0.1) is 0 Å². The lowest BCUT2D eigenvalue weighted by atomic mass is 10.2. The monoisotopic (exact) mass is 366 g/mol. The van der Waals surface area contributed by atoms with Crippen molar-refractivity contribution >= 4 is 57.5 Å². The summed E-state index contributed by atoms with van der Waals surface area (Å²) in [5, 5.41) is 4.56. The Hall–Kier alpha value is -2.01. The van der Waals surface area contributed by atoms with Gasteiger partial charge < -0.3 is 4.74 Å². The Morgan fingerprint density at radius 1 is 1.04 bits per heavy atom. The zero-order valence-corrected chi connectivity index (χ0v) is 13.8. The van der Waals surface area contributed by atoms with Crippen molar-refractivity contribution in [3.8, 4) is 5.75 Å².